The lowest BCUT2D eigenvalue weighted by atomic mass is 9.92. The first-order valence-corrected chi connectivity index (χ1v) is 10.5. The van der Waals surface area contributed by atoms with Gasteiger partial charge in [0.25, 0.3) is 0 Å². The summed E-state index contributed by atoms with van der Waals surface area (Å²) in [5.41, 5.74) is 5.34. The van der Waals surface area contributed by atoms with Crippen LogP contribution in [0.3, 0.4) is 0 Å². The van der Waals surface area contributed by atoms with E-state index in [0.29, 0.717) is 17.0 Å². The van der Waals surface area contributed by atoms with Crippen molar-refractivity contribution < 1.29 is 19.1 Å². The lowest BCUT2D eigenvalue weighted by molar-refractivity contribution is -0.123. The average Bonchev–Trinajstić information content (AvgIpc) is 2.91. The summed E-state index contributed by atoms with van der Waals surface area (Å²) in [7, 11) is 0. The Morgan fingerprint density at radius 2 is 1.90 bits per heavy atom. The smallest absolute Gasteiger partial charge is 0.341 e. The van der Waals surface area contributed by atoms with Crippen molar-refractivity contribution in [3.05, 3.63) is 44.8 Å². The number of fused-ring (bicyclic) bond motifs is 1. The second kappa shape index (κ2) is 8.37. The van der Waals surface area contributed by atoms with E-state index in [1.165, 1.54) is 11.3 Å². The van der Waals surface area contributed by atoms with Crippen LogP contribution in [0, 0.1) is 27.7 Å². The number of anilines is 2. The van der Waals surface area contributed by atoms with Gasteiger partial charge in [0, 0.05) is 17.0 Å². The van der Waals surface area contributed by atoms with E-state index in [4.69, 9.17) is 4.74 Å². The number of benzene rings is 1. The number of amides is 1. The minimum atomic E-state index is -0.585. The van der Waals surface area contributed by atoms with Gasteiger partial charge in [-0.05, 0) is 62.9 Å². The summed E-state index contributed by atoms with van der Waals surface area (Å²) in [6.45, 7) is 9.78. The van der Waals surface area contributed by atoms with Gasteiger partial charge in [0.1, 0.15) is 5.00 Å². The molecule has 1 aliphatic rings. The highest BCUT2D eigenvalue weighted by atomic mass is 32.1. The van der Waals surface area contributed by atoms with Crippen molar-refractivity contribution in [1.29, 1.82) is 0 Å². The highest BCUT2D eigenvalue weighted by molar-refractivity contribution is 7.16. The minimum absolute atomic E-state index is 0.00343. The number of carbonyl (C=O) groups is 3. The van der Waals surface area contributed by atoms with Crippen molar-refractivity contribution in [2.24, 2.45) is 0 Å². The van der Waals surface area contributed by atoms with Crippen LogP contribution >= 0.6 is 11.3 Å². The summed E-state index contributed by atoms with van der Waals surface area (Å²) in [5, 5.41) is 6.49. The fourth-order valence-corrected chi connectivity index (χ4v) is 4.49. The van der Waals surface area contributed by atoms with Crippen molar-refractivity contribution in [2.75, 3.05) is 17.2 Å². The first kappa shape index (κ1) is 21.0. The molecule has 3 rings (SSSR count). The Morgan fingerprint density at radius 1 is 1.21 bits per heavy atom. The van der Waals surface area contributed by atoms with Gasteiger partial charge in [-0.3, -0.25) is 9.59 Å². The van der Waals surface area contributed by atoms with Crippen LogP contribution in [-0.4, -0.2) is 30.3 Å². The predicted octanol–water partition coefficient (Wildman–Crippen LogP) is 4.09. The molecule has 1 unspecified atom stereocenters. The van der Waals surface area contributed by atoms with Crippen LogP contribution in [0.25, 0.3) is 0 Å². The Hall–Kier alpha value is -2.67. The topological polar surface area (TPSA) is 84.5 Å². The van der Waals surface area contributed by atoms with Gasteiger partial charge >= 0.3 is 5.97 Å². The van der Waals surface area contributed by atoms with E-state index in [1.54, 1.807) is 6.92 Å². The lowest BCUT2D eigenvalue weighted by Gasteiger charge is -2.26. The summed E-state index contributed by atoms with van der Waals surface area (Å²) in [4.78, 5) is 38.4. The second-order valence-electron chi connectivity index (χ2n) is 7.39. The molecule has 154 valence electrons. The summed E-state index contributed by atoms with van der Waals surface area (Å²) < 4.78 is 5.12. The standard InChI is InChI=1S/C22H26N2O4S/c1-6-28-22(27)20-13(4)14(5)29-21(20)24-19(26)10-17-18(25)9-15-7-11(2)12(3)8-16(15)23-17/h7-8,17,23H,6,9-10H2,1-5H3,(H,24,26). The number of esters is 1. The van der Waals surface area contributed by atoms with E-state index in [2.05, 4.69) is 10.6 Å². The van der Waals surface area contributed by atoms with Gasteiger partial charge in [-0.1, -0.05) is 6.07 Å². The molecule has 0 radical (unpaired) electrons. The minimum Gasteiger partial charge on any atom is -0.462 e. The Bertz CT molecular complexity index is 993. The van der Waals surface area contributed by atoms with E-state index in [-0.39, 0.29) is 24.7 Å². The molecule has 0 bridgehead atoms. The van der Waals surface area contributed by atoms with Crippen molar-refractivity contribution in [3.63, 3.8) is 0 Å². The van der Waals surface area contributed by atoms with Crippen molar-refractivity contribution >= 4 is 39.7 Å². The number of nitrogens with one attached hydrogen (secondary N) is 2. The van der Waals surface area contributed by atoms with Crippen molar-refractivity contribution in [3.8, 4) is 0 Å². The maximum atomic E-state index is 12.7. The number of aryl methyl sites for hydroxylation is 3. The number of carbonyl (C=O) groups excluding carboxylic acids is 3. The number of rotatable bonds is 5. The normalized spacial score (nSPS) is 15.5. The molecule has 1 aliphatic heterocycles. The third kappa shape index (κ3) is 4.34. The zero-order valence-electron chi connectivity index (χ0n) is 17.4. The van der Waals surface area contributed by atoms with E-state index in [9.17, 15) is 14.4 Å². The molecule has 1 aromatic carbocycles. The Kier molecular flexibility index (Phi) is 6.07. The fourth-order valence-electron chi connectivity index (χ4n) is 3.43. The van der Waals surface area contributed by atoms with Crippen molar-refractivity contribution in [1.82, 2.24) is 0 Å². The van der Waals surface area contributed by atoms with E-state index >= 15 is 0 Å². The molecule has 1 atom stereocenters. The quantitative estimate of drug-likeness (QED) is 0.720. The van der Waals surface area contributed by atoms with Gasteiger partial charge in [0.2, 0.25) is 5.91 Å². The molecule has 2 N–H and O–H groups in total. The summed E-state index contributed by atoms with van der Waals surface area (Å²) >= 11 is 1.34. The number of ketones is 1. The van der Waals surface area contributed by atoms with Gasteiger partial charge in [-0.25, -0.2) is 4.79 Å². The monoisotopic (exact) mass is 414 g/mol. The van der Waals surface area contributed by atoms with Gasteiger partial charge in [0.05, 0.1) is 24.6 Å². The van der Waals surface area contributed by atoms with Gasteiger partial charge in [-0.15, -0.1) is 11.3 Å². The first-order chi connectivity index (χ1) is 13.7. The molecule has 2 heterocycles. The second-order valence-corrected chi connectivity index (χ2v) is 8.62. The molecule has 0 saturated carbocycles. The number of hydrogen-bond acceptors (Lipinski definition) is 6. The molecule has 29 heavy (non-hydrogen) atoms. The predicted molar refractivity (Wildman–Crippen MR) is 115 cm³/mol. The van der Waals surface area contributed by atoms with Crippen molar-refractivity contribution in [2.45, 2.75) is 53.5 Å². The number of ether oxygens (including phenoxy) is 1. The summed E-state index contributed by atoms with van der Waals surface area (Å²) in [6, 6.07) is 3.46. The first-order valence-electron chi connectivity index (χ1n) is 9.67. The van der Waals surface area contributed by atoms with Crippen LogP contribution in [0.4, 0.5) is 10.7 Å². The number of Topliss-reactive ketones (excluding diaryl/α,β-unsaturated/α-hetero) is 1. The molecule has 6 nitrogen and oxygen atoms in total. The van der Waals surface area contributed by atoms with Crippen LogP contribution < -0.4 is 10.6 Å². The molecular formula is C22H26N2O4S. The Balaban J connectivity index is 1.75. The maximum Gasteiger partial charge on any atom is 0.341 e. The fraction of sp³-hybridized carbons (Fsp3) is 0.409. The van der Waals surface area contributed by atoms with Gasteiger partial charge in [0.15, 0.2) is 5.78 Å². The van der Waals surface area contributed by atoms with Gasteiger partial charge < -0.3 is 15.4 Å². The molecule has 2 aromatic rings. The summed E-state index contributed by atoms with van der Waals surface area (Å²) in [5.74, 6) is -0.772. The SMILES string of the molecule is CCOC(=O)c1c(NC(=O)CC2Nc3cc(C)c(C)cc3CC2=O)sc(C)c1C. The molecule has 0 spiro atoms. The summed E-state index contributed by atoms with van der Waals surface area (Å²) in [6.07, 6.45) is 0.316. The van der Waals surface area contributed by atoms with Gasteiger partial charge in [-0.2, -0.15) is 0 Å². The van der Waals surface area contributed by atoms with Crippen LogP contribution in [0.1, 0.15) is 50.8 Å². The Labute approximate surface area is 174 Å². The third-order valence-corrected chi connectivity index (χ3v) is 6.43. The zero-order valence-corrected chi connectivity index (χ0v) is 18.2. The molecule has 0 aliphatic carbocycles. The average molecular weight is 415 g/mol. The molecule has 7 heteroatoms. The Morgan fingerprint density at radius 3 is 2.59 bits per heavy atom. The van der Waals surface area contributed by atoms with Crippen LogP contribution in [0.5, 0.6) is 0 Å². The van der Waals surface area contributed by atoms with E-state index in [1.807, 2.05) is 39.8 Å². The van der Waals surface area contributed by atoms with E-state index < -0.39 is 12.0 Å². The molecule has 1 amide bonds. The van der Waals surface area contributed by atoms with Crippen LogP contribution in [0.15, 0.2) is 12.1 Å². The van der Waals surface area contributed by atoms with Crippen LogP contribution in [0.2, 0.25) is 0 Å². The zero-order chi connectivity index (χ0) is 21.3. The van der Waals surface area contributed by atoms with E-state index in [0.717, 1.165) is 32.8 Å². The highest BCUT2D eigenvalue weighted by Gasteiger charge is 2.29. The highest BCUT2D eigenvalue weighted by Crippen LogP contribution is 2.33. The number of hydrogen-bond donors (Lipinski definition) is 2. The lowest BCUT2D eigenvalue weighted by Crippen LogP contribution is -2.38. The number of thiophene rings is 1. The molecular weight excluding hydrogens is 388 g/mol. The van der Waals surface area contributed by atoms with Crippen LogP contribution in [-0.2, 0) is 20.7 Å². The molecule has 1 aromatic heterocycles. The maximum absolute atomic E-state index is 12.7. The molecule has 0 saturated heterocycles. The molecule has 0 fully saturated rings. The third-order valence-electron chi connectivity index (χ3n) is 5.31. The largest absolute Gasteiger partial charge is 0.462 e.